The Morgan fingerprint density at radius 2 is 2.07 bits per heavy atom. The highest BCUT2D eigenvalue weighted by molar-refractivity contribution is 4.97. The molecule has 2 heteroatoms. The molecule has 86 valence electrons. The predicted octanol–water partition coefficient (Wildman–Crippen LogP) is 2.34. The molecule has 0 radical (unpaired) electrons. The summed E-state index contributed by atoms with van der Waals surface area (Å²) >= 11 is 0. The summed E-state index contributed by atoms with van der Waals surface area (Å²) in [5.41, 5.74) is 0.0316. The highest BCUT2D eigenvalue weighted by Gasteiger charge is 2.38. The fourth-order valence-electron chi connectivity index (χ4n) is 2.74. The van der Waals surface area contributed by atoms with Crippen molar-refractivity contribution in [3.63, 3.8) is 0 Å². The number of hydrogen-bond acceptors (Lipinski definition) is 2. The Morgan fingerprint density at radius 3 is 2.53 bits per heavy atom. The zero-order valence-corrected chi connectivity index (χ0v) is 10.0. The van der Waals surface area contributed by atoms with Crippen LogP contribution in [-0.4, -0.2) is 25.8 Å². The standard InChI is InChI=1S/C13H23NO/c1-4-5-9-12(14-2)13(15-3)10-7-6-8-11-13/h1,12,14H,5-11H2,2-3H3. The predicted molar refractivity (Wildman–Crippen MR) is 63.7 cm³/mol. The zero-order valence-electron chi connectivity index (χ0n) is 10.0. The van der Waals surface area contributed by atoms with Crippen LogP contribution in [0.5, 0.6) is 0 Å². The molecule has 2 nitrogen and oxygen atoms in total. The van der Waals surface area contributed by atoms with Crippen LogP contribution in [0.15, 0.2) is 0 Å². The SMILES string of the molecule is C#CCCC(NC)C1(OC)CCCCC1. The average Bonchev–Trinajstić information content (AvgIpc) is 2.31. The van der Waals surface area contributed by atoms with Crippen molar-refractivity contribution < 1.29 is 4.74 Å². The molecule has 0 heterocycles. The summed E-state index contributed by atoms with van der Waals surface area (Å²) in [5.74, 6) is 2.72. The first kappa shape index (κ1) is 12.5. The van der Waals surface area contributed by atoms with Gasteiger partial charge in [0.2, 0.25) is 0 Å². The summed E-state index contributed by atoms with van der Waals surface area (Å²) in [6, 6.07) is 0.402. The smallest absolute Gasteiger partial charge is 0.0831 e. The second-order valence-corrected chi connectivity index (χ2v) is 4.41. The number of hydrogen-bond donors (Lipinski definition) is 1. The molecule has 0 aliphatic heterocycles. The van der Waals surface area contributed by atoms with Gasteiger partial charge in [0.1, 0.15) is 0 Å². The molecule has 1 saturated carbocycles. The lowest BCUT2D eigenvalue weighted by atomic mass is 9.77. The second-order valence-electron chi connectivity index (χ2n) is 4.41. The minimum Gasteiger partial charge on any atom is -0.377 e. The number of rotatable bonds is 5. The lowest BCUT2D eigenvalue weighted by molar-refractivity contribution is -0.0673. The molecule has 0 spiro atoms. The molecule has 1 fully saturated rings. The van der Waals surface area contributed by atoms with Crippen LogP contribution in [0.1, 0.15) is 44.9 Å². The lowest BCUT2D eigenvalue weighted by Crippen LogP contribution is -2.52. The van der Waals surface area contributed by atoms with Gasteiger partial charge in [-0.15, -0.1) is 12.3 Å². The highest BCUT2D eigenvalue weighted by atomic mass is 16.5. The van der Waals surface area contributed by atoms with Gasteiger partial charge < -0.3 is 10.1 Å². The normalized spacial score (nSPS) is 21.9. The molecule has 1 unspecified atom stereocenters. The number of terminal acetylenes is 1. The van der Waals surface area contributed by atoms with Gasteiger partial charge in [-0.25, -0.2) is 0 Å². The van der Waals surface area contributed by atoms with Crippen LogP contribution in [0.3, 0.4) is 0 Å². The van der Waals surface area contributed by atoms with E-state index in [0.717, 1.165) is 12.8 Å². The molecule has 0 amide bonds. The maximum Gasteiger partial charge on any atom is 0.0831 e. The van der Waals surface area contributed by atoms with Crippen molar-refractivity contribution in [3.05, 3.63) is 0 Å². The molecule has 0 aromatic rings. The van der Waals surface area contributed by atoms with Crippen molar-refractivity contribution in [2.24, 2.45) is 0 Å². The van der Waals surface area contributed by atoms with Crippen molar-refractivity contribution in [3.8, 4) is 12.3 Å². The molecule has 1 aliphatic rings. The molecular weight excluding hydrogens is 186 g/mol. The van der Waals surface area contributed by atoms with E-state index in [2.05, 4.69) is 11.2 Å². The molecular formula is C13H23NO. The quantitative estimate of drug-likeness (QED) is 0.702. The summed E-state index contributed by atoms with van der Waals surface area (Å²) < 4.78 is 5.80. The van der Waals surface area contributed by atoms with E-state index < -0.39 is 0 Å². The average molecular weight is 209 g/mol. The van der Waals surface area contributed by atoms with Gasteiger partial charge in [-0.2, -0.15) is 0 Å². The van der Waals surface area contributed by atoms with Gasteiger partial charge in [0, 0.05) is 19.6 Å². The van der Waals surface area contributed by atoms with E-state index in [9.17, 15) is 0 Å². The van der Waals surface area contributed by atoms with Gasteiger partial charge in [-0.1, -0.05) is 19.3 Å². The van der Waals surface area contributed by atoms with Gasteiger partial charge in [0.05, 0.1) is 5.60 Å². The fourth-order valence-corrected chi connectivity index (χ4v) is 2.74. The lowest BCUT2D eigenvalue weighted by Gasteiger charge is -2.42. The monoisotopic (exact) mass is 209 g/mol. The Kier molecular flexibility index (Phi) is 5.14. The molecule has 0 aromatic heterocycles. The summed E-state index contributed by atoms with van der Waals surface area (Å²) in [6.45, 7) is 0. The first-order valence-electron chi connectivity index (χ1n) is 5.95. The Balaban J connectivity index is 2.63. The summed E-state index contributed by atoms with van der Waals surface area (Å²) in [5, 5.41) is 3.38. The van der Waals surface area contributed by atoms with E-state index in [4.69, 9.17) is 11.2 Å². The molecule has 0 saturated heterocycles. The summed E-state index contributed by atoms with van der Waals surface area (Å²) in [6.07, 6.45) is 13.4. The minimum atomic E-state index is 0.0316. The van der Waals surface area contributed by atoms with Crippen molar-refractivity contribution in [2.45, 2.75) is 56.6 Å². The third kappa shape index (κ3) is 2.96. The van der Waals surface area contributed by atoms with Crippen molar-refractivity contribution in [1.29, 1.82) is 0 Å². The Bertz CT molecular complexity index is 213. The highest BCUT2D eigenvalue weighted by Crippen LogP contribution is 2.35. The minimum absolute atomic E-state index is 0.0316. The first-order chi connectivity index (χ1) is 7.29. The third-order valence-corrected chi connectivity index (χ3v) is 3.67. The Morgan fingerprint density at radius 1 is 1.40 bits per heavy atom. The van der Waals surface area contributed by atoms with E-state index in [0.29, 0.717) is 6.04 Å². The van der Waals surface area contributed by atoms with E-state index in [1.807, 2.05) is 14.2 Å². The maximum atomic E-state index is 5.80. The maximum absolute atomic E-state index is 5.80. The number of ether oxygens (including phenoxy) is 1. The van der Waals surface area contributed by atoms with Crippen LogP contribution in [0.25, 0.3) is 0 Å². The van der Waals surface area contributed by atoms with E-state index in [-0.39, 0.29) is 5.60 Å². The molecule has 0 bridgehead atoms. The van der Waals surface area contributed by atoms with Crippen molar-refractivity contribution in [2.75, 3.05) is 14.2 Å². The first-order valence-corrected chi connectivity index (χ1v) is 5.95. The van der Waals surface area contributed by atoms with E-state index in [1.165, 1.54) is 32.1 Å². The van der Waals surface area contributed by atoms with Gasteiger partial charge in [0.15, 0.2) is 0 Å². The Labute approximate surface area is 93.8 Å². The number of likely N-dealkylation sites (N-methyl/N-ethyl adjacent to an activating group) is 1. The van der Waals surface area contributed by atoms with E-state index in [1.54, 1.807) is 0 Å². The molecule has 1 N–H and O–H groups in total. The second kappa shape index (κ2) is 6.15. The zero-order chi connectivity index (χ0) is 11.1. The van der Waals surface area contributed by atoms with Crippen LogP contribution in [-0.2, 0) is 4.74 Å². The third-order valence-electron chi connectivity index (χ3n) is 3.67. The van der Waals surface area contributed by atoms with Gasteiger partial charge in [-0.3, -0.25) is 0 Å². The molecule has 0 aromatic carbocycles. The summed E-state index contributed by atoms with van der Waals surface area (Å²) in [4.78, 5) is 0. The van der Waals surface area contributed by atoms with Crippen LogP contribution in [0.2, 0.25) is 0 Å². The fraction of sp³-hybridized carbons (Fsp3) is 0.846. The van der Waals surface area contributed by atoms with Crippen LogP contribution in [0.4, 0.5) is 0 Å². The van der Waals surface area contributed by atoms with E-state index >= 15 is 0 Å². The van der Waals surface area contributed by atoms with Gasteiger partial charge >= 0.3 is 0 Å². The van der Waals surface area contributed by atoms with Crippen LogP contribution < -0.4 is 5.32 Å². The Hall–Kier alpha value is -0.520. The van der Waals surface area contributed by atoms with Crippen LogP contribution >= 0.6 is 0 Å². The number of nitrogens with one attached hydrogen (secondary N) is 1. The topological polar surface area (TPSA) is 21.3 Å². The number of methoxy groups -OCH3 is 1. The van der Waals surface area contributed by atoms with Crippen LogP contribution in [0, 0.1) is 12.3 Å². The summed E-state index contributed by atoms with van der Waals surface area (Å²) in [7, 11) is 3.85. The molecule has 15 heavy (non-hydrogen) atoms. The molecule has 1 aliphatic carbocycles. The van der Waals surface area contributed by atoms with Crippen molar-refractivity contribution in [1.82, 2.24) is 5.32 Å². The van der Waals surface area contributed by atoms with Crippen molar-refractivity contribution >= 4 is 0 Å². The van der Waals surface area contributed by atoms with Gasteiger partial charge in [-0.05, 0) is 26.3 Å². The van der Waals surface area contributed by atoms with Gasteiger partial charge in [0.25, 0.3) is 0 Å². The largest absolute Gasteiger partial charge is 0.377 e. The molecule has 1 rings (SSSR count). The molecule has 1 atom stereocenters.